The summed E-state index contributed by atoms with van der Waals surface area (Å²) in [5, 5.41) is 9.67. The molecule has 4 aromatic rings. The molecule has 31 heavy (non-hydrogen) atoms. The van der Waals surface area contributed by atoms with Gasteiger partial charge in [0, 0.05) is 15.6 Å². The summed E-state index contributed by atoms with van der Waals surface area (Å²) in [5.74, 6) is 0.0668. The summed E-state index contributed by atoms with van der Waals surface area (Å²) in [6, 6.07) is 20.5. The predicted molar refractivity (Wildman–Crippen MR) is 112 cm³/mol. The van der Waals surface area contributed by atoms with E-state index in [1.807, 2.05) is 30.3 Å². The lowest BCUT2D eigenvalue weighted by atomic mass is 10.1. The normalized spacial score (nSPS) is 11.3. The highest BCUT2D eigenvalue weighted by Crippen LogP contribution is 2.39. The van der Waals surface area contributed by atoms with Gasteiger partial charge in [-0.2, -0.15) is 18.4 Å². The Morgan fingerprint density at radius 1 is 1.00 bits per heavy atom. The van der Waals surface area contributed by atoms with E-state index in [4.69, 9.17) is 10.00 Å². The van der Waals surface area contributed by atoms with Gasteiger partial charge in [-0.25, -0.2) is 0 Å². The van der Waals surface area contributed by atoms with Crippen LogP contribution in [-0.4, -0.2) is 5.78 Å². The van der Waals surface area contributed by atoms with Crippen molar-refractivity contribution in [1.82, 2.24) is 0 Å². The number of nitrogens with zero attached hydrogens (tertiary/aromatic N) is 1. The highest BCUT2D eigenvalue weighted by molar-refractivity contribution is 7.21. The van der Waals surface area contributed by atoms with Crippen LogP contribution in [0.2, 0.25) is 0 Å². The van der Waals surface area contributed by atoms with Gasteiger partial charge in [0.2, 0.25) is 5.78 Å². The van der Waals surface area contributed by atoms with Gasteiger partial charge in [0.15, 0.2) is 0 Å². The Bertz CT molecular complexity index is 1300. The average molecular weight is 437 g/mol. The Labute approximate surface area is 179 Å². The number of carbonyl (C=O) groups is 1. The smallest absolute Gasteiger partial charge is 0.416 e. The molecule has 0 fully saturated rings. The summed E-state index contributed by atoms with van der Waals surface area (Å²) in [6.45, 7) is -0.113. The summed E-state index contributed by atoms with van der Waals surface area (Å²) in [6.07, 6.45) is -4.44. The van der Waals surface area contributed by atoms with Crippen molar-refractivity contribution in [2.75, 3.05) is 0 Å². The SMILES string of the molecule is N#Cc1ccc(C(=O)c2sc3ccccc3c2OCc2cccc(C(F)(F)F)c2)cc1. The highest BCUT2D eigenvalue weighted by Gasteiger charge is 2.30. The zero-order valence-corrected chi connectivity index (χ0v) is 16.8. The van der Waals surface area contributed by atoms with E-state index in [0.717, 1.165) is 22.2 Å². The second-order valence-corrected chi connectivity index (χ2v) is 7.81. The molecule has 0 N–H and O–H groups in total. The fourth-order valence-corrected chi connectivity index (χ4v) is 4.24. The first-order valence-electron chi connectivity index (χ1n) is 9.22. The molecule has 0 amide bonds. The number of rotatable bonds is 5. The van der Waals surface area contributed by atoms with Crippen LogP contribution >= 0.6 is 11.3 Å². The number of carbonyl (C=O) groups excluding carboxylic acids is 1. The minimum absolute atomic E-state index is 0.113. The maximum atomic E-state index is 13.1. The van der Waals surface area contributed by atoms with E-state index >= 15 is 0 Å². The molecule has 0 unspecified atom stereocenters. The van der Waals surface area contributed by atoms with Crippen molar-refractivity contribution in [3.8, 4) is 11.8 Å². The maximum Gasteiger partial charge on any atom is 0.416 e. The zero-order valence-electron chi connectivity index (χ0n) is 15.9. The molecule has 0 atom stereocenters. The second-order valence-electron chi connectivity index (χ2n) is 6.76. The Kier molecular flexibility index (Phi) is 5.49. The molecule has 0 bridgehead atoms. The molecule has 3 aromatic carbocycles. The number of alkyl halides is 3. The number of halogens is 3. The Morgan fingerprint density at radius 3 is 2.45 bits per heavy atom. The van der Waals surface area contributed by atoms with Crippen LogP contribution in [0.3, 0.4) is 0 Å². The Morgan fingerprint density at radius 2 is 1.74 bits per heavy atom. The maximum absolute atomic E-state index is 13.1. The summed E-state index contributed by atoms with van der Waals surface area (Å²) in [4.78, 5) is 13.5. The van der Waals surface area contributed by atoms with Gasteiger partial charge in [0.1, 0.15) is 17.2 Å². The van der Waals surface area contributed by atoms with E-state index in [1.54, 1.807) is 30.3 Å². The number of thiophene rings is 1. The van der Waals surface area contributed by atoms with Gasteiger partial charge >= 0.3 is 6.18 Å². The lowest BCUT2D eigenvalue weighted by Crippen LogP contribution is -2.07. The first-order valence-corrected chi connectivity index (χ1v) is 10.0. The number of ketones is 1. The van der Waals surface area contributed by atoms with Crippen LogP contribution in [0.5, 0.6) is 5.75 Å². The van der Waals surface area contributed by atoms with Crippen molar-refractivity contribution in [3.05, 3.63) is 99.9 Å². The Hall–Kier alpha value is -3.63. The van der Waals surface area contributed by atoms with E-state index in [0.29, 0.717) is 27.3 Å². The van der Waals surface area contributed by atoms with Crippen molar-refractivity contribution in [1.29, 1.82) is 5.26 Å². The molecule has 1 aromatic heterocycles. The predicted octanol–water partition coefficient (Wildman–Crippen LogP) is 6.60. The minimum atomic E-state index is -4.44. The molecule has 0 aliphatic rings. The molecule has 0 aliphatic heterocycles. The van der Waals surface area contributed by atoms with Crippen molar-refractivity contribution < 1.29 is 22.7 Å². The third kappa shape index (κ3) is 4.30. The molecule has 4 rings (SSSR count). The van der Waals surface area contributed by atoms with Crippen LogP contribution < -0.4 is 4.74 Å². The quantitative estimate of drug-likeness (QED) is 0.331. The van der Waals surface area contributed by atoms with Crippen molar-refractivity contribution >= 4 is 27.2 Å². The first-order chi connectivity index (χ1) is 14.9. The molecule has 3 nitrogen and oxygen atoms in total. The second kappa shape index (κ2) is 8.25. The van der Waals surface area contributed by atoms with Crippen LogP contribution in [0.25, 0.3) is 10.1 Å². The number of hydrogen-bond acceptors (Lipinski definition) is 4. The van der Waals surface area contributed by atoms with Crippen molar-refractivity contribution in [2.45, 2.75) is 12.8 Å². The fourth-order valence-electron chi connectivity index (χ4n) is 3.13. The number of benzene rings is 3. The summed E-state index contributed by atoms with van der Waals surface area (Å²) in [7, 11) is 0. The average Bonchev–Trinajstić information content (AvgIpc) is 3.15. The topological polar surface area (TPSA) is 50.1 Å². The molecule has 154 valence electrons. The van der Waals surface area contributed by atoms with Gasteiger partial charge in [0.05, 0.1) is 17.2 Å². The first kappa shape index (κ1) is 20.6. The van der Waals surface area contributed by atoms with Gasteiger partial charge in [0.25, 0.3) is 0 Å². The number of hydrogen-bond donors (Lipinski definition) is 0. The van der Waals surface area contributed by atoms with Gasteiger partial charge < -0.3 is 4.74 Å². The molecule has 7 heteroatoms. The highest BCUT2D eigenvalue weighted by atomic mass is 32.1. The molecule has 0 saturated heterocycles. The van der Waals surface area contributed by atoms with Gasteiger partial charge in [-0.15, -0.1) is 11.3 Å². The minimum Gasteiger partial charge on any atom is -0.487 e. The monoisotopic (exact) mass is 437 g/mol. The fraction of sp³-hybridized carbons (Fsp3) is 0.0833. The zero-order chi connectivity index (χ0) is 22.0. The standard InChI is InChI=1S/C24H14F3NO2S/c25-24(26,27)18-5-3-4-16(12-18)14-30-22-19-6-1-2-7-20(19)31-23(22)21(29)17-10-8-15(13-28)9-11-17/h1-12H,14H2. The van der Waals surface area contributed by atoms with Gasteiger partial charge in [-0.05, 0) is 54.1 Å². The van der Waals surface area contributed by atoms with Crippen molar-refractivity contribution in [3.63, 3.8) is 0 Å². The van der Waals surface area contributed by atoms with E-state index in [-0.39, 0.29) is 12.4 Å². The van der Waals surface area contributed by atoms with E-state index in [2.05, 4.69) is 0 Å². The molecular weight excluding hydrogens is 423 g/mol. The summed E-state index contributed by atoms with van der Waals surface area (Å²) >= 11 is 1.26. The van der Waals surface area contributed by atoms with E-state index in [9.17, 15) is 18.0 Å². The third-order valence-corrected chi connectivity index (χ3v) is 5.82. The molecule has 0 aliphatic carbocycles. The van der Waals surface area contributed by atoms with Crippen LogP contribution in [0.15, 0.2) is 72.8 Å². The van der Waals surface area contributed by atoms with Crippen LogP contribution in [0, 0.1) is 11.3 Å². The van der Waals surface area contributed by atoms with Gasteiger partial charge in [-0.3, -0.25) is 4.79 Å². The Balaban J connectivity index is 1.69. The molecule has 0 radical (unpaired) electrons. The summed E-state index contributed by atoms with van der Waals surface area (Å²) in [5.41, 5.74) is 0.433. The molecule has 0 spiro atoms. The largest absolute Gasteiger partial charge is 0.487 e. The van der Waals surface area contributed by atoms with E-state index < -0.39 is 11.7 Å². The van der Waals surface area contributed by atoms with Gasteiger partial charge in [-0.1, -0.05) is 24.3 Å². The number of nitriles is 1. The number of fused-ring (bicyclic) bond motifs is 1. The van der Waals surface area contributed by atoms with Crippen molar-refractivity contribution in [2.24, 2.45) is 0 Å². The molecular formula is C24H14F3NO2S. The van der Waals surface area contributed by atoms with Crippen LogP contribution in [0.1, 0.15) is 31.9 Å². The lowest BCUT2D eigenvalue weighted by Gasteiger charge is -2.11. The van der Waals surface area contributed by atoms with Crippen LogP contribution in [-0.2, 0) is 12.8 Å². The third-order valence-electron chi connectivity index (χ3n) is 4.67. The number of ether oxygens (including phenoxy) is 1. The molecule has 0 saturated carbocycles. The summed E-state index contributed by atoms with van der Waals surface area (Å²) < 4.78 is 45.7. The molecule has 1 heterocycles. The van der Waals surface area contributed by atoms with Crippen LogP contribution in [0.4, 0.5) is 13.2 Å². The van der Waals surface area contributed by atoms with E-state index in [1.165, 1.54) is 17.4 Å². The lowest BCUT2D eigenvalue weighted by molar-refractivity contribution is -0.137.